The number of benzene rings is 2. The summed E-state index contributed by atoms with van der Waals surface area (Å²) in [6.45, 7) is -0.660. The second kappa shape index (κ2) is 8.06. The van der Waals surface area contributed by atoms with Gasteiger partial charge < -0.3 is 15.0 Å². The number of carbonyl (C=O) groups excluding carboxylic acids is 2. The van der Waals surface area contributed by atoms with Crippen molar-refractivity contribution in [2.45, 2.75) is 0 Å². The Balaban J connectivity index is 1.99. The van der Waals surface area contributed by atoms with E-state index >= 15 is 0 Å². The summed E-state index contributed by atoms with van der Waals surface area (Å²) in [5, 5.41) is 12.8. The average molecular weight is 361 g/mol. The molecule has 0 fully saturated rings. The highest BCUT2D eigenvalue weighted by atomic mass is 19.1. The van der Waals surface area contributed by atoms with Crippen LogP contribution in [0.2, 0.25) is 0 Å². The first-order valence-electron chi connectivity index (χ1n) is 7.46. The van der Waals surface area contributed by atoms with Crippen molar-refractivity contribution in [3.8, 4) is 0 Å². The van der Waals surface area contributed by atoms with Gasteiger partial charge in [0.1, 0.15) is 5.82 Å². The van der Waals surface area contributed by atoms with Gasteiger partial charge in [0.15, 0.2) is 6.61 Å². The summed E-state index contributed by atoms with van der Waals surface area (Å²) in [6, 6.07) is 9.33. The van der Waals surface area contributed by atoms with Gasteiger partial charge in [0, 0.05) is 31.9 Å². The summed E-state index contributed by atoms with van der Waals surface area (Å²) in [5.41, 5.74) is 0.294. The summed E-state index contributed by atoms with van der Waals surface area (Å²) in [4.78, 5) is 35.6. The molecule has 0 heterocycles. The zero-order valence-electron chi connectivity index (χ0n) is 14.1. The number of carbonyl (C=O) groups is 2. The van der Waals surface area contributed by atoms with E-state index in [-0.39, 0.29) is 16.9 Å². The van der Waals surface area contributed by atoms with Gasteiger partial charge in [-0.1, -0.05) is 6.07 Å². The van der Waals surface area contributed by atoms with Crippen LogP contribution in [-0.4, -0.2) is 37.5 Å². The van der Waals surface area contributed by atoms with Gasteiger partial charge >= 0.3 is 5.97 Å². The molecule has 0 saturated heterocycles. The lowest BCUT2D eigenvalue weighted by molar-refractivity contribution is -0.384. The van der Waals surface area contributed by atoms with Crippen LogP contribution in [-0.2, 0) is 9.53 Å². The number of non-ortho nitro benzene ring substituents is 1. The predicted octanol–water partition coefficient (Wildman–Crippen LogP) is 2.60. The molecule has 2 rings (SSSR count). The minimum Gasteiger partial charge on any atom is -0.452 e. The Morgan fingerprint density at radius 1 is 1.23 bits per heavy atom. The number of ether oxygens (including phenoxy) is 1. The van der Waals surface area contributed by atoms with Crippen molar-refractivity contribution in [1.82, 2.24) is 0 Å². The maximum absolute atomic E-state index is 13.6. The van der Waals surface area contributed by atoms with Gasteiger partial charge in [0.2, 0.25) is 0 Å². The molecule has 0 atom stereocenters. The number of anilines is 2. The third-order valence-corrected chi connectivity index (χ3v) is 3.37. The normalized spacial score (nSPS) is 10.1. The van der Waals surface area contributed by atoms with Crippen LogP contribution in [0.5, 0.6) is 0 Å². The van der Waals surface area contributed by atoms with Crippen molar-refractivity contribution in [3.63, 3.8) is 0 Å². The quantitative estimate of drug-likeness (QED) is 0.482. The van der Waals surface area contributed by atoms with E-state index in [1.807, 2.05) is 14.1 Å². The van der Waals surface area contributed by atoms with Crippen molar-refractivity contribution < 1.29 is 23.6 Å². The van der Waals surface area contributed by atoms with Gasteiger partial charge in [-0.15, -0.1) is 0 Å². The Hall–Kier alpha value is -3.49. The van der Waals surface area contributed by atoms with Crippen LogP contribution in [0.15, 0.2) is 42.5 Å². The van der Waals surface area contributed by atoms with E-state index in [0.29, 0.717) is 0 Å². The lowest BCUT2D eigenvalue weighted by atomic mass is 10.2. The zero-order chi connectivity index (χ0) is 19.3. The smallest absolute Gasteiger partial charge is 0.338 e. The molecule has 2 aromatic rings. The molecule has 0 unspecified atom stereocenters. The fourth-order valence-electron chi connectivity index (χ4n) is 2.03. The molecule has 8 nitrogen and oxygen atoms in total. The van der Waals surface area contributed by atoms with E-state index in [2.05, 4.69) is 5.32 Å². The molecule has 1 amide bonds. The van der Waals surface area contributed by atoms with E-state index in [0.717, 1.165) is 23.9 Å². The summed E-state index contributed by atoms with van der Waals surface area (Å²) >= 11 is 0. The fraction of sp³-hybridized carbons (Fsp3) is 0.176. The maximum Gasteiger partial charge on any atom is 0.338 e. The first-order valence-corrected chi connectivity index (χ1v) is 7.46. The van der Waals surface area contributed by atoms with E-state index in [1.165, 1.54) is 6.07 Å². The molecule has 26 heavy (non-hydrogen) atoms. The predicted molar refractivity (Wildman–Crippen MR) is 92.7 cm³/mol. The number of hydrogen-bond acceptors (Lipinski definition) is 6. The molecule has 0 aromatic heterocycles. The Kier molecular flexibility index (Phi) is 5.84. The Morgan fingerprint density at radius 3 is 2.62 bits per heavy atom. The minimum absolute atomic E-state index is 0.255. The van der Waals surface area contributed by atoms with Gasteiger partial charge in [-0.2, -0.15) is 0 Å². The molecule has 0 aliphatic rings. The van der Waals surface area contributed by atoms with Crippen LogP contribution in [0, 0.1) is 15.9 Å². The topological polar surface area (TPSA) is 102 Å². The molecule has 0 spiro atoms. The second-order valence-corrected chi connectivity index (χ2v) is 5.49. The Labute approximate surface area is 148 Å². The Morgan fingerprint density at radius 2 is 1.96 bits per heavy atom. The molecular weight excluding hydrogens is 345 g/mol. The van der Waals surface area contributed by atoms with Crippen LogP contribution in [0.25, 0.3) is 0 Å². The molecule has 2 aromatic carbocycles. The number of amides is 1. The van der Waals surface area contributed by atoms with Crippen LogP contribution >= 0.6 is 0 Å². The number of hydrogen-bond donors (Lipinski definition) is 1. The van der Waals surface area contributed by atoms with Crippen LogP contribution in [0.4, 0.5) is 21.5 Å². The number of nitro benzene ring substituents is 1. The summed E-state index contributed by atoms with van der Waals surface area (Å²) in [7, 11) is 3.62. The molecule has 0 aliphatic heterocycles. The van der Waals surface area contributed by atoms with Crippen LogP contribution < -0.4 is 10.2 Å². The molecule has 0 saturated carbocycles. The molecule has 136 valence electrons. The first-order chi connectivity index (χ1) is 12.3. The SMILES string of the molecule is CN(C)c1cccc(C(=O)OCC(=O)Nc2cc([N+](=O)[O-])ccc2F)c1. The number of nitrogens with one attached hydrogen (secondary N) is 1. The lowest BCUT2D eigenvalue weighted by Crippen LogP contribution is -2.21. The second-order valence-electron chi connectivity index (χ2n) is 5.49. The van der Waals surface area contributed by atoms with Gasteiger partial charge in [0.05, 0.1) is 16.2 Å². The first kappa shape index (κ1) is 18.8. The van der Waals surface area contributed by atoms with Crippen molar-refractivity contribution in [2.75, 3.05) is 30.9 Å². The highest BCUT2D eigenvalue weighted by Gasteiger charge is 2.15. The van der Waals surface area contributed by atoms with Gasteiger partial charge in [-0.3, -0.25) is 14.9 Å². The minimum atomic E-state index is -0.839. The number of esters is 1. The average Bonchev–Trinajstić information content (AvgIpc) is 2.61. The van der Waals surface area contributed by atoms with E-state index in [9.17, 15) is 24.1 Å². The van der Waals surface area contributed by atoms with Crippen molar-refractivity contribution in [3.05, 3.63) is 64.0 Å². The van der Waals surface area contributed by atoms with Crippen LogP contribution in [0.1, 0.15) is 10.4 Å². The Bertz CT molecular complexity index is 854. The third-order valence-electron chi connectivity index (χ3n) is 3.37. The van der Waals surface area contributed by atoms with E-state index in [1.54, 1.807) is 23.1 Å². The zero-order valence-corrected chi connectivity index (χ0v) is 14.1. The highest BCUT2D eigenvalue weighted by Crippen LogP contribution is 2.21. The van der Waals surface area contributed by atoms with Gasteiger partial charge in [0.25, 0.3) is 11.6 Å². The monoisotopic (exact) mass is 361 g/mol. The lowest BCUT2D eigenvalue weighted by Gasteiger charge is -2.13. The fourth-order valence-corrected chi connectivity index (χ4v) is 2.03. The summed E-state index contributed by atoms with van der Waals surface area (Å²) < 4.78 is 18.5. The van der Waals surface area contributed by atoms with E-state index < -0.39 is 29.2 Å². The summed E-state index contributed by atoms with van der Waals surface area (Å²) in [5.74, 6) is -2.38. The molecule has 9 heteroatoms. The number of halogens is 1. The molecular formula is C17H16FN3O5. The largest absolute Gasteiger partial charge is 0.452 e. The van der Waals surface area contributed by atoms with Crippen LogP contribution in [0.3, 0.4) is 0 Å². The van der Waals surface area contributed by atoms with Crippen molar-refractivity contribution in [2.24, 2.45) is 0 Å². The third kappa shape index (κ3) is 4.76. The van der Waals surface area contributed by atoms with Crippen molar-refractivity contribution >= 4 is 28.9 Å². The standard InChI is InChI=1S/C17H16FN3O5/c1-20(2)12-5-3-4-11(8-12)17(23)26-10-16(22)19-15-9-13(21(24)25)6-7-14(15)18/h3-9H,10H2,1-2H3,(H,19,22). The van der Waals surface area contributed by atoms with Gasteiger partial charge in [-0.05, 0) is 24.3 Å². The molecule has 1 N–H and O–H groups in total. The van der Waals surface area contributed by atoms with Gasteiger partial charge in [-0.25, -0.2) is 9.18 Å². The molecule has 0 radical (unpaired) electrons. The maximum atomic E-state index is 13.6. The molecule has 0 bridgehead atoms. The number of nitrogens with zero attached hydrogens (tertiary/aromatic N) is 2. The number of rotatable bonds is 6. The van der Waals surface area contributed by atoms with E-state index in [4.69, 9.17) is 4.74 Å². The summed E-state index contributed by atoms with van der Waals surface area (Å²) in [6.07, 6.45) is 0. The number of nitro groups is 1. The highest BCUT2D eigenvalue weighted by molar-refractivity contribution is 5.96. The molecule has 0 aliphatic carbocycles. The van der Waals surface area contributed by atoms with Crippen molar-refractivity contribution in [1.29, 1.82) is 0 Å².